The van der Waals surface area contributed by atoms with Gasteiger partial charge < -0.3 is 4.74 Å². The first kappa shape index (κ1) is 19.5. The number of anilines is 1. The number of thiocarbonyl (C=S) groups is 1. The van der Waals surface area contributed by atoms with Crippen LogP contribution in [-0.4, -0.2) is 29.0 Å². The molecule has 2 amide bonds. The van der Waals surface area contributed by atoms with Crippen LogP contribution in [0, 0.1) is 10.1 Å². The van der Waals surface area contributed by atoms with Crippen LogP contribution in [0.1, 0.15) is 5.56 Å². The molecule has 0 radical (unpaired) electrons. The summed E-state index contributed by atoms with van der Waals surface area (Å²) in [5.74, 6) is -1.12. The third-order valence-corrected chi connectivity index (χ3v) is 4.45. The zero-order valence-corrected chi connectivity index (χ0v) is 15.9. The molecule has 2 aromatic rings. The SMILES string of the molecule is COc1ccc([N+](=O)[O-])cc1C=C1C(=O)NC(=S)N(c2ccc(Cl)cc2)C1=O. The number of non-ortho nitro benzene ring substituents is 1. The van der Waals surface area contributed by atoms with Crippen molar-refractivity contribution in [2.75, 3.05) is 12.0 Å². The van der Waals surface area contributed by atoms with Crippen molar-refractivity contribution in [1.82, 2.24) is 5.32 Å². The molecule has 0 unspecified atom stereocenters. The number of hydrogen-bond acceptors (Lipinski definition) is 6. The molecular weight excluding hydrogens is 406 g/mol. The molecule has 0 atom stereocenters. The van der Waals surface area contributed by atoms with Crippen LogP contribution in [0.5, 0.6) is 5.75 Å². The van der Waals surface area contributed by atoms with Crippen molar-refractivity contribution in [2.45, 2.75) is 0 Å². The summed E-state index contributed by atoms with van der Waals surface area (Å²) in [5.41, 5.74) is 0.166. The number of carbonyl (C=O) groups is 2. The second-order valence-corrected chi connectivity index (χ2v) is 6.44. The predicted molar refractivity (Wildman–Crippen MR) is 107 cm³/mol. The Morgan fingerprint density at radius 2 is 1.89 bits per heavy atom. The van der Waals surface area contributed by atoms with Gasteiger partial charge in [0.15, 0.2) is 5.11 Å². The maximum absolute atomic E-state index is 13.0. The molecule has 1 aliphatic heterocycles. The molecular formula is C18H12ClN3O5S. The number of nitro benzene ring substituents is 1. The van der Waals surface area contributed by atoms with Crippen LogP contribution in [0.3, 0.4) is 0 Å². The molecule has 1 saturated heterocycles. The summed E-state index contributed by atoms with van der Waals surface area (Å²) >= 11 is 11.0. The van der Waals surface area contributed by atoms with E-state index in [1.54, 1.807) is 24.3 Å². The van der Waals surface area contributed by atoms with Gasteiger partial charge in [0.2, 0.25) is 0 Å². The number of benzene rings is 2. The Kier molecular flexibility index (Phi) is 5.39. The molecule has 0 saturated carbocycles. The van der Waals surface area contributed by atoms with E-state index < -0.39 is 16.7 Å². The molecule has 10 heteroatoms. The summed E-state index contributed by atoms with van der Waals surface area (Å²) in [6.07, 6.45) is 1.23. The third-order valence-electron chi connectivity index (χ3n) is 3.91. The van der Waals surface area contributed by atoms with Crippen LogP contribution in [-0.2, 0) is 9.59 Å². The van der Waals surface area contributed by atoms with Gasteiger partial charge >= 0.3 is 0 Å². The average molecular weight is 418 g/mol. The second kappa shape index (κ2) is 7.75. The normalized spacial score (nSPS) is 15.6. The lowest BCUT2D eigenvalue weighted by atomic mass is 10.1. The lowest BCUT2D eigenvalue weighted by Crippen LogP contribution is -2.54. The fourth-order valence-corrected chi connectivity index (χ4v) is 2.99. The molecule has 1 heterocycles. The average Bonchev–Trinajstić information content (AvgIpc) is 2.66. The van der Waals surface area contributed by atoms with Gasteiger partial charge in [-0.1, -0.05) is 11.6 Å². The standard InChI is InChI=1S/C18H12ClN3O5S/c1-27-15-7-6-13(22(25)26)8-10(15)9-14-16(23)20-18(28)21(17(14)24)12-4-2-11(19)3-5-12/h2-9H,1H3,(H,20,23,28). The number of nitrogens with zero attached hydrogens (tertiary/aromatic N) is 2. The fraction of sp³-hybridized carbons (Fsp3) is 0.0556. The van der Waals surface area contributed by atoms with Gasteiger partial charge in [0, 0.05) is 22.7 Å². The van der Waals surface area contributed by atoms with Crippen LogP contribution in [0.15, 0.2) is 48.0 Å². The minimum atomic E-state index is -0.714. The Morgan fingerprint density at radius 3 is 2.50 bits per heavy atom. The van der Waals surface area contributed by atoms with E-state index in [2.05, 4.69) is 5.32 Å². The van der Waals surface area contributed by atoms with Crippen molar-refractivity contribution in [3.63, 3.8) is 0 Å². The number of rotatable bonds is 4. The number of carbonyl (C=O) groups excluding carboxylic acids is 2. The number of nitro groups is 1. The van der Waals surface area contributed by atoms with Gasteiger partial charge in [-0.15, -0.1) is 0 Å². The van der Waals surface area contributed by atoms with Gasteiger partial charge in [-0.3, -0.25) is 29.9 Å². The monoisotopic (exact) mass is 417 g/mol. The van der Waals surface area contributed by atoms with Gasteiger partial charge in [0.05, 0.1) is 17.7 Å². The summed E-state index contributed by atoms with van der Waals surface area (Å²) in [4.78, 5) is 36.9. The van der Waals surface area contributed by atoms with Crippen molar-refractivity contribution in [3.05, 3.63) is 68.7 Å². The molecule has 3 rings (SSSR count). The molecule has 142 valence electrons. The van der Waals surface area contributed by atoms with E-state index in [0.717, 1.165) is 4.90 Å². The molecule has 0 aliphatic carbocycles. The lowest BCUT2D eigenvalue weighted by Gasteiger charge is -2.29. The fourth-order valence-electron chi connectivity index (χ4n) is 2.59. The maximum Gasteiger partial charge on any atom is 0.270 e. The van der Waals surface area contributed by atoms with E-state index in [9.17, 15) is 19.7 Å². The second-order valence-electron chi connectivity index (χ2n) is 5.62. The summed E-state index contributed by atoms with van der Waals surface area (Å²) < 4.78 is 5.17. The summed E-state index contributed by atoms with van der Waals surface area (Å²) in [6, 6.07) is 10.2. The Bertz CT molecular complexity index is 1040. The number of hydrogen-bond donors (Lipinski definition) is 1. The third kappa shape index (κ3) is 3.71. The predicted octanol–water partition coefficient (Wildman–Crippen LogP) is 3.09. The molecule has 1 fully saturated rings. The van der Waals surface area contributed by atoms with Gasteiger partial charge in [-0.2, -0.15) is 0 Å². The Balaban J connectivity index is 2.08. The van der Waals surface area contributed by atoms with E-state index in [4.69, 9.17) is 28.6 Å². The number of amides is 2. The van der Waals surface area contributed by atoms with Crippen molar-refractivity contribution in [3.8, 4) is 5.75 Å². The lowest BCUT2D eigenvalue weighted by molar-refractivity contribution is -0.384. The maximum atomic E-state index is 13.0. The van der Waals surface area contributed by atoms with Crippen LogP contribution < -0.4 is 15.0 Å². The summed E-state index contributed by atoms with van der Waals surface area (Å²) in [5, 5.41) is 13.9. The van der Waals surface area contributed by atoms with Gasteiger partial charge in [0.25, 0.3) is 17.5 Å². The van der Waals surface area contributed by atoms with Crippen molar-refractivity contribution < 1.29 is 19.2 Å². The molecule has 0 spiro atoms. The molecule has 28 heavy (non-hydrogen) atoms. The van der Waals surface area contributed by atoms with Crippen LogP contribution in [0.25, 0.3) is 6.08 Å². The van der Waals surface area contributed by atoms with Gasteiger partial charge in [0.1, 0.15) is 11.3 Å². The Hall–Kier alpha value is -3.30. The molecule has 2 aromatic carbocycles. The highest BCUT2D eigenvalue weighted by atomic mass is 35.5. The van der Waals surface area contributed by atoms with Crippen LogP contribution >= 0.6 is 23.8 Å². The highest BCUT2D eigenvalue weighted by Gasteiger charge is 2.34. The van der Waals surface area contributed by atoms with E-state index in [1.807, 2.05) is 0 Å². The van der Waals surface area contributed by atoms with E-state index in [-0.39, 0.29) is 27.7 Å². The summed E-state index contributed by atoms with van der Waals surface area (Å²) in [6.45, 7) is 0. The van der Waals surface area contributed by atoms with Crippen molar-refractivity contribution in [1.29, 1.82) is 0 Å². The molecule has 8 nitrogen and oxygen atoms in total. The zero-order valence-electron chi connectivity index (χ0n) is 14.3. The zero-order chi connectivity index (χ0) is 20.4. The minimum Gasteiger partial charge on any atom is -0.496 e. The molecule has 0 aromatic heterocycles. The van der Waals surface area contributed by atoms with Crippen molar-refractivity contribution >= 4 is 58.2 Å². The highest BCUT2D eigenvalue weighted by molar-refractivity contribution is 7.80. The van der Waals surface area contributed by atoms with Crippen LogP contribution in [0.2, 0.25) is 5.02 Å². The Morgan fingerprint density at radius 1 is 1.21 bits per heavy atom. The first-order chi connectivity index (χ1) is 13.3. The minimum absolute atomic E-state index is 0.0829. The van der Waals surface area contributed by atoms with Crippen molar-refractivity contribution in [2.24, 2.45) is 0 Å². The quantitative estimate of drug-likeness (QED) is 0.269. The number of halogens is 1. The van der Waals surface area contributed by atoms with Gasteiger partial charge in [-0.25, -0.2) is 0 Å². The first-order valence-electron chi connectivity index (χ1n) is 7.81. The number of ether oxygens (including phenoxy) is 1. The Labute approximate surface area is 169 Å². The van der Waals surface area contributed by atoms with E-state index >= 15 is 0 Å². The van der Waals surface area contributed by atoms with E-state index in [0.29, 0.717) is 10.7 Å². The molecule has 0 bridgehead atoms. The topological polar surface area (TPSA) is 102 Å². The number of nitrogens with one attached hydrogen (secondary N) is 1. The number of methoxy groups -OCH3 is 1. The smallest absolute Gasteiger partial charge is 0.270 e. The van der Waals surface area contributed by atoms with Gasteiger partial charge in [-0.05, 0) is 48.6 Å². The largest absolute Gasteiger partial charge is 0.496 e. The highest BCUT2D eigenvalue weighted by Crippen LogP contribution is 2.28. The first-order valence-corrected chi connectivity index (χ1v) is 8.60. The van der Waals surface area contributed by atoms with Crippen LogP contribution in [0.4, 0.5) is 11.4 Å². The summed E-state index contributed by atoms with van der Waals surface area (Å²) in [7, 11) is 1.38. The van der Waals surface area contributed by atoms with E-state index in [1.165, 1.54) is 31.4 Å². The molecule has 1 N–H and O–H groups in total. The molecule has 1 aliphatic rings.